The van der Waals surface area contributed by atoms with E-state index in [0.717, 1.165) is 3.70 Å². The molecule has 0 radical (unpaired) electrons. The second-order valence-electron chi connectivity index (χ2n) is 3.39. The molecule has 0 saturated carbocycles. The molecule has 0 fully saturated rings. The molecular weight excluding hydrogens is 375 g/mol. The Balaban J connectivity index is 2.33. The van der Waals surface area contributed by atoms with E-state index in [4.69, 9.17) is 15.2 Å². The molecule has 4 nitrogen and oxygen atoms in total. The summed E-state index contributed by atoms with van der Waals surface area (Å²) in [6.07, 6.45) is -0.0948. The van der Waals surface area contributed by atoms with E-state index in [9.17, 15) is 0 Å². The van der Waals surface area contributed by atoms with Gasteiger partial charge in [-0.3, -0.25) is 0 Å². The van der Waals surface area contributed by atoms with Crippen LogP contribution in [0.25, 0.3) is 0 Å². The first kappa shape index (κ1) is 11.4. The average Bonchev–Trinajstić information content (AvgIpc) is 2.16. The number of ether oxygens (including phenoxy) is 2. The second kappa shape index (κ2) is 4.42. The zero-order valence-corrected chi connectivity index (χ0v) is 11.8. The Morgan fingerprint density at radius 3 is 3.13 bits per heavy atom. The van der Waals surface area contributed by atoms with Crippen LogP contribution in [0.3, 0.4) is 0 Å². The maximum absolute atomic E-state index is 5.77. The molecule has 0 amide bonds. The summed E-state index contributed by atoms with van der Waals surface area (Å²) in [4.78, 5) is 4.22. The number of hydrogen-bond acceptors (Lipinski definition) is 4. The van der Waals surface area contributed by atoms with E-state index >= 15 is 0 Å². The van der Waals surface area contributed by atoms with Gasteiger partial charge < -0.3 is 15.2 Å². The number of aromatic nitrogens is 1. The summed E-state index contributed by atoms with van der Waals surface area (Å²) in [6, 6.07) is 1.79. The molecule has 1 aliphatic rings. The molecule has 6 heteroatoms. The van der Waals surface area contributed by atoms with Crippen molar-refractivity contribution in [3.63, 3.8) is 0 Å². The largest absolute Gasteiger partial charge is 0.483 e. The van der Waals surface area contributed by atoms with Crippen LogP contribution in [0.2, 0.25) is 0 Å². The van der Waals surface area contributed by atoms with Crippen molar-refractivity contribution in [3.8, 4) is 11.5 Å². The van der Waals surface area contributed by atoms with Crippen LogP contribution in [-0.2, 0) is 0 Å². The first-order chi connectivity index (χ1) is 7.08. The molecule has 1 aromatic rings. The number of nitrogens with two attached hydrogens (primary N) is 1. The molecular formula is C9H10BrIN2O2. The molecule has 82 valence electrons. The third-order valence-corrected chi connectivity index (χ3v) is 3.21. The number of halogens is 2. The van der Waals surface area contributed by atoms with E-state index in [-0.39, 0.29) is 12.1 Å². The van der Waals surface area contributed by atoms with Crippen molar-refractivity contribution in [2.75, 3.05) is 6.61 Å². The van der Waals surface area contributed by atoms with Crippen LogP contribution in [-0.4, -0.2) is 23.7 Å². The lowest BCUT2D eigenvalue weighted by atomic mass is 10.2. The molecule has 1 aliphatic heterocycles. The van der Waals surface area contributed by atoms with Crippen LogP contribution in [0, 0.1) is 3.70 Å². The van der Waals surface area contributed by atoms with Gasteiger partial charge in [-0.05, 0) is 45.4 Å². The van der Waals surface area contributed by atoms with Gasteiger partial charge in [0, 0.05) is 12.1 Å². The molecule has 2 rings (SSSR count). The van der Waals surface area contributed by atoms with Crippen LogP contribution in [0.4, 0.5) is 0 Å². The highest BCUT2D eigenvalue weighted by Crippen LogP contribution is 2.38. The fourth-order valence-corrected chi connectivity index (χ4v) is 2.65. The van der Waals surface area contributed by atoms with Gasteiger partial charge in [0.15, 0.2) is 16.1 Å². The molecule has 2 unspecified atom stereocenters. The van der Waals surface area contributed by atoms with Gasteiger partial charge in [-0.15, -0.1) is 0 Å². The van der Waals surface area contributed by atoms with E-state index in [1.165, 1.54) is 0 Å². The predicted octanol–water partition coefficient (Wildman–Crippen LogP) is 1.94. The van der Waals surface area contributed by atoms with Crippen molar-refractivity contribution < 1.29 is 9.47 Å². The minimum atomic E-state index is -0.0948. The maximum atomic E-state index is 5.77. The molecule has 2 atom stereocenters. The zero-order valence-electron chi connectivity index (χ0n) is 8.04. The summed E-state index contributed by atoms with van der Waals surface area (Å²) in [5.41, 5.74) is 5.77. The van der Waals surface area contributed by atoms with Gasteiger partial charge >= 0.3 is 0 Å². The molecule has 0 spiro atoms. The van der Waals surface area contributed by atoms with E-state index in [1.54, 1.807) is 0 Å². The molecule has 1 aromatic heterocycles. The van der Waals surface area contributed by atoms with Crippen molar-refractivity contribution in [1.82, 2.24) is 4.98 Å². The first-order valence-corrected chi connectivity index (χ1v) is 6.36. The summed E-state index contributed by atoms with van der Waals surface area (Å²) in [6.45, 7) is 2.37. The van der Waals surface area contributed by atoms with Crippen molar-refractivity contribution in [1.29, 1.82) is 0 Å². The van der Waals surface area contributed by atoms with E-state index in [1.807, 2.05) is 13.0 Å². The highest BCUT2D eigenvalue weighted by atomic mass is 127. The Hall–Kier alpha value is -0.0800. The lowest BCUT2D eigenvalue weighted by molar-refractivity contribution is 0.0750. The molecule has 2 heterocycles. The van der Waals surface area contributed by atoms with Crippen LogP contribution < -0.4 is 15.2 Å². The summed E-state index contributed by atoms with van der Waals surface area (Å²) >= 11 is 5.47. The maximum Gasteiger partial charge on any atom is 0.194 e. The molecule has 0 bridgehead atoms. The van der Waals surface area contributed by atoms with Gasteiger partial charge in [-0.1, -0.05) is 0 Å². The van der Waals surface area contributed by atoms with Crippen molar-refractivity contribution >= 4 is 38.5 Å². The summed E-state index contributed by atoms with van der Waals surface area (Å²) in [7, 11) is 0. The van der Waals surface area contributed by atoms with Gasteiger partial charge in [0.25, 0.3) is 0 Å². The van der Waals surface area contributed by atoms with Gasteiger partial charge in [0.05, 0.1) is 0 Å². The van der Waals surface area contributed by atoms with Crippen molar-refractivity contribution in [3.05, 3.63) is 14.4 Å². The number of pyridine rings is 1. The lowest BCUT2D eigenvalue weighted by Crippen LogP contribution is -2.43. The van der Waals surface area contributed by atoms with Crippen LogP contribution in [0.1, 0.15) is 6.92 Å². The van der Waals surface area contributed by atoms with Gasteiger partial charge in [-0.25, -0.2) is 4.98 Å². The quantitative estimate of drug-likeness (QED) is 0.593. The number of rotatable bonds is 1. The van der Waals surface area contributed by atoms with Gasteiger partial charge in [-0.2, -0.15) is 0 Å². The third-order valence-electron chi connectivity index (χ3n) is 2.12. The topological polar surface area (TPSA) is 57.4 Å². The van der Waals surface area contributed by atoms with Gasteiger partial charge in [0.1, 0.15) is 16.4 Å². The van der Waals surface area contributed by atoms with Crippen molar-refractivity contribution in [2.24, 2.45) is 5.73 Å². The molecule has 0 saturated heterocycles. The Morgan fingerprint density at radius 2 is 2.47 bits per heavy atom. The van der Waals surface area contributed by atoms with Gasteiger partial charge in [0.2, 0.25) is 0 Å². The normalized spacial score (nSPS) is 21.2. The summed E-state index contributed by atoms with van der Waals surface area (Å²) < 4.78 is 12.8. The predicted molar refractivity (Wildman–Crippen MR) is 68.2 cm³/mol. The highest BCUT2D eigenvalue weighted by molar-refractivity contribution is 14.1. The smallest absolute Gasteiger partial charge is 0.194 e. The second-order valence-corrected chi connectivity index (χ2v) is 5.25. The van der Waals surface area contributed by atoms with Crippen LogP contribution >= 0.6 is 38.5 Å². The molecule has 2 N–H and O–H groups in total. The molecule has 15 heavy (non-hydrogen) atoms. The Bertz CT molecular complexity index is 387. The van der Waals surface area contributed by atoms with E-state index in [0.29, 0.717) is 22.7 Å². The van der Waals surface area contributed by atoms with Crippen molar-refractivity contribution in [2.45, 2.75) is 19.1 Å². The SMILES string of the molecule is CC(N)C1COc2c(cc(I)nc2Br)O1. The van der Waals surface area contributed by atoms with Crippen LogP contribution in [0.15, 0.2) is 10.7 Å². The van der Waals surface area contributed by atoms with E-state index in [2.05, 4.69) is 43.5 Å². The fraction of sp³-hybridized carbons (Fsp3) is 0.444. The third kappa shape index (κ3) is 2.36. The molecule has 0 aliphatic carbocycles. The Morgan fingerprint density at radius 1 is 1.73 bits per heavy atom. The zero-order chi connectivity index (χ0) is 11.0. The Kier molecular flexibility index (Phi) is 3.36. The fourth-order valence-electron chi connectivity index (χ4n) is 1.29. The standard InChI is InChI=1S/C9H10BrIN2O2/c1-4(12)6-3-14-8-5(15-6)2-7(11)13-9(8)10/h2,4,6H,3,12H2,1H3. The first-order valence-electron chi connectivity index (χ1n) is 4.49. The van der Waals surface area contributed by atoms with E-state index < -0.39 is 0 Å². The Labute approximate surface area is 110 Å². The lowest BCUT2D eigenvalue weighted by Gasteiger charge is -2.29. The van der Waals surface area contributed by atoms with Crippen LogP contribution in [0.5, 0.6) is 11.5 Å². The minimum Gasteiger partial charge on any atom is -0.483 e. The average molecular weight is 385 g/mol. The highest BCUT2D eigenvalue weighted by Gasteiger charge is 2.26. The number of nitrogens with zero attached hydrogens (tertiary/aromatic N) is 1. The minimum absolute atomic E-state index is 0.0530. The summed E-state index contributed by atoms with van der Waals surface area (Å²) in [5, 5.41) is 0. The number of fused-ring (bicyclic) bond motifs is 1. The number of hydrogen-bond donors (Lipinski definition) is 1. The monoisotopic (exact) mass is 384 g/mol. The summed E-state index contributed by atoms with van der Waals surface area (Å²) in [5.74, 6) is 1.36. The molecule has 0 aromatic carbocycles.